The van der Waals surface area contributed by atoms with Crippen molar-refractivity contribution in [3.8, 4) is 11.5 Å². The maximum absolute atomic E-state index is 9.79. The van der Waals surface area contributed by atoms with E-state index in [0.29, 0.717) is 12.4 Å². The Balaban J connectivity index is 2.14. The summed E-state index contributed by atoms with van der Waals surface area (Å²) in [6.45, 7) is 2.15. The molecule has 2 rings (SSSR count). The van der Waals surface area contributed by atoms with Crippen LogP contribution in [0.15, 0.2) is 46.9 Å². The summed E-state index contributed by atoms with van der Waals surface area (Å²) in [6, 6.07) is 13.3. The van der Waals surface area contributed by atoms with Crippen LogP contribution in [0.2, 0.25) is 0 Å². The van der Waals surface area contributed by atoms with Gasteiger partial charge < -0.3 is 14.6 Å². The molecule has 3 nitrogen and oxygen atoms in total. The number of aliphatic hydroxyl groups is 1. The van der Waals surface area contributed by atoms with E-state index in [9.17, 15) is 5.11 Å². The normalized spacial score (nSPS) is 12.0. The number of rotatable bonds is 5. The Bertz CT molecular complexity index is 582. The number of aliphatic hydroxyl groups excluding tert-OH is 1. The topological polar surface area (TPSA) is 38.7 Å². The van der Waals surface area contributed by atoms with Crippen molar-refractivity contribution >= 4 is 15.9 Å². The van der Waals surface area contributed by atoms with Gasteiger partial charge in [0.15, 0.2) is 0 Å². The predicted molar refractivity (Wildman–Crippen MR) is 82.1 cm³/mol. The minimum absolute atomic E-state index is 0.429. The summed E-state index contributed by atoms with van der Waals surface area (Å²) in [5.41, 5.74) is 1.78. The summed E-state index contributed by atoms with van der Waals surface area (Å²) >= 11 is 3.40. The highest BCUT2D eigenvalue weighted by atomic mass is 79.9. The predicted octanol–water partition coefficient (Wildman–Crippen LogP) is 4.09. The number of hydrogen-bond acceptors (Lipinski definition) is 3. The quantitative estimate of drug-likeness (QED) is 0.893. The summed E-state index contributed by atoms with van der Waals surface area (Å²) < 4.78 is 11.9. The van der Waals surface area contributed by atoms with Gasteiger partial charge in [0, 0.05) is 10.0 Å². The van der Waals surface area contributed by atoms with Gasteiger partial charge in [-0.05, 0) is 42.8 Å². The van der Waals surface area contributed by atoms with Crippen molar-refractivity contribution in [3.63, 3.8) is 0 Å². The van der Waals surface area contributed by atoms with Crippen molar-refractivity contribution in [2.45, 2.75) is 19.6 Å². The highest BCUT2D eigenvalue weighted by molar-refractivity contribution is 9.10. The summed E-state index contributed by atoms with van der Waals surface area (Å²) in [4.78, 5) is 0. The Labute approximate surface area is 127 Å². The minimum Gasteiger partial charge on any atom is -0.497 e. The lowest BCUT2D eigenvalue weighted by Gasteiger charge is -2.14. The molecule has 0 aliphatic rings. The molecule has 20 heavy (non-hydrogen) atoms. The highest BCUT2D eigenvalue weighted by Gasteiger charge is 2.10. The van der Waals surface area contributed by atoms with Gasteiger partial charge in [0.25, 0.3) is 0 Å². The maximum Gasteiger partial charge on any atom is 0.125 e. The van der Waals surface area contributed by atoms with E-state index in [1.807, 2.05) is 42.5 Å². The van der Waals surface area contributed by atoms with Gasteiger partial charge in [-0.1, -0.05) is 28.1 Å². The molecule has 0 spiro atoms. The molecule has 0 aliphatic carbocycles. The van der Waals surface area contributed by atoms with Gasteiger partial charge in [-0.3, -0.25) is 0 Å². The average molecular weight is 337 g/mol. The van der Waals surface area contributed by atoms with E-state index in [0.717, 1.165) is 21.3 Å². The van der Waals surface area contributed by atoms with Crippen molar-refractivity contribution in [2.24, 2.45) is 0 Å². The molecule has 0 aromatic heterocycles. The van der Waals surface area contributed by atoms with E-state index in [1.165, 1.54) is 0 Å². The van der Waals surface area contributed by atoms with E-state index >= 15 is 0 Å². The van der Waals surface area contributed by atoms with Crippen molar-refractivity contribution in [3.05, 3.63) is 58.1 Å². The third-order valence-electron chi connectivity index (χ3n) is 2.95. The van der Waals surface area contributed by atoms with Gasteiger partial charge >= 0.3 is 0 Å². The van der Waals surface area contributed by atoms with E-state index in [1.54, 1.807) is 14.0 Å². The molecular formula is C16H17BrO3. The zero-order valence-corrected chi connectivity index (χ0v) is 13.1. The smallest absolute Gasteiger partial charge is 0.125 e. The summed E-state index contributed by atoms with van der Waals surface area (Å²) in [6.07, 6.45) is -0.576. The van der Waals surface area contributed by atoms with Crippen LogP contribution in [0.1, 0.15) is 24.2 Å². The Hall–Kier alpha value is -1.52. The third-order valence-corrected chi connectivity index (χ3v) is 3.44. The van der Waals surface area contributed by atoms with Gasteiger partial charge in [-0.15, -0.1) is 0 Å². The summed E-state index contributed by atoms with van der Waals surface area (Å²) in [5, 5.41) is 9.79. The summed E-state index contributed by atoms with van der Waals surface area (Å²) in [7, 11) is 1.64. The van der Waals surface area contributed by atoms with Crippen LogP contribution in [-0.2, 0) is 6.61 Å². The van der Waals surface area contributed by atoms with Crippen LogP contribution in [-0.4, -0.2) is 12.2 Å². The van der Waals surface area contributed by atoms with Crippen molar-refractivity contribution in [2.75, 3.05) is 7.11 Å². The molecule has 0 aliphatic heterocycles. The molecule has 0 heterocycles. The standard InChI is InChI=1S/C16H17BrO3/c1-11(18)15-9-13(17)6-7-16(15)20-10-12-4-3-5-14(8-12)19-2/h3-9,11,18H,10H2,1-2H3/t11-/m1/s1. The first kappa shape index (κ1) is 14.9. The largest absolute Gasteiger partial charge is 0.497 e. The molecule has 0 unspecified atom stereocenters. The Kier molecular flexibility index (Phi) is 5.04. The van der Waals surface area contributed by atoms with E-state index in [4.69, 9.17) is 9.47 Å². The number of ether oxygens (including phenoxy) is 2. The Morgan fingerprint density at radius 2 is 2.00 bits per heavy atom. The highest BCUT2D eigenvalue weighted by Crippen LogP contribution is 2.29. The Morgan fingerprint density at radius 1 is 1.20 bits per heavy atom. The van der Waals surface area contributed by atoms with E-state index in [-0.39, 0.29) is 0 Å². The van der Waals surface area contributed by atoms with Crippen LogP contribution in [0.3, 0.4) is 0 Å². The Morgan fingerprint density at radius 3 is 2.70 bits per heavy atom. The second kappa shape index (κ2) is 6.77. The first-order valence-electron chi connectivity index (χ1n) is 6.33. The van der Waals surface area contributed by atoms with Crippen LogP contribution < -0.4 is 9.47 Å². The molecule has 106 valence electrons. The molecule has 2 aromatic carbocycles. The minimum atomic E-state index is -0.576. The van der Waals surface area contributed by atoms with Gasteiger partial charge in [-0.2, -0.15) is 0 Å². The lowest BCUT2D eigenvalue weighted by molar-refractivity contribution is 0.190. The van der Waals surface area contributed by atoms with Crippen molar-refractivity contribution in [1.82, 2.24) is 0 Å². The van der Waals surface area contributed by atoms with Gasteiger partial charge in [-0.25, -0.2) is 0 Å². The van der Waals surface area contributed by atoms with Crippen LogP contribution in [0.5, 0.6) is 11.5 Å². The second-order valence-corrected chi connectivity index (χ2v) is 5.41. The van der Waals surface area contributed by atoms with Gasteiger partial charge in [0.05, 0.1) is 13.2 Å². The molecule has 0 fully saturated rings. The molecule has 0 amide bonds. The summed E-state index contributed by atoms with van der Waals surface area (Å²) in [5.74, 6) is 1.49. The lowest BCUT2D eigenvalue weighted by atomic mass is 10.1. The van der Waals surface area contributed by atoms with E-state index < -0.39 is 6.10 Å². The van der Waals surface area contributed by atoms with Gasteiger partial charge in [0.2, 0.25) is 0 Å². The van der Waals surface area contributed by atoms with Crippen LogP contribution >= 0.6 is 15.9 Å². The molecule has 1 atom stereocenters. The molecule has 4 heteroatoms. The lowest BCUT2D eigenvalue weighted by Crippen LogP contribution is -2.01. The van der Waals surface area contributed by atoms with Crippen LogP contribution in [0.25, 0.3) is 0 Å². The number of methoxy groups -OCH3 is 1. The van der Waals surface area contributed by atoms with Crippen LogP contribution in [0, 0.1) is 0 Å². The zero-order chi connectivity index (χ0) is 14.5. The fourth-order valence-electron chi connectivity index (χ4n) is 1.90. The molecule has 0 saturated heterocycles. The molecular weight excluding hydrogens is 320 g/mol. The fraction of sp³-hybridized carbons (Fsp3) is 0.250. The monoisotopic (exact) mass is 336 g/mol. The molecule has 2 aromatic rings. The third kappa shape index (κ3) is 3.74. The average Bonchev–Trinajstić information content (AvgIpc) is 2.46. The zero-order valence-electron chi connectivity index (χ0n) is 11.5. The SMILES string of the molecule is COc1cccc(COc2ccc(Br)cc2[C@@H](C)O)c1. The van der Waals surface area contributed by atoms with E-state index in [2.05, 4.69) is 15.9 Å². The maximum atomic E-state index is 9.79. The van der Waals surface area contributed by atoms with Gasteiger partial charge in [0.1, 0.15) is 18.1 Å². The van der Waals surface area contributed by atoms with Crippen LogP contribution in [0.4, 0.5) is 0 Å². The molecule has 0 bridgehead atoms. The van der Waals surface area contributed by atoms with Crippen molar-refractivity contribution in [1.29, 1.82) is 0 Å². The fourth-order valence-corrected chi connectivity index (χ4v) is 2.28. The van der Waals surface area contributed by atoms with Crippen molar-refractivity contribution < 1.29 is 14.6 Å². The molecule has 0 radical (unpaired) electrons. The number of halogens is 1. The molecule has 1 N–H and O–H groups in total. The first-order valence-corrected chi connectivity index (χ1v) is 7.12. The second-order valence-electron chi connectivity index (χ2n) is 4.50. The first-order chi connectivity index (χ1) is 9.60. The number of hydrogen-bond donors (Lipinski definition) is 1. The molecule has 0 saturated carbocycles. The number of benzene rings is 2.